The van der Waals surface area contributed by atoms with Crippen molar-refractivity contribution in [2.24, 2.45) is 0 Å². The predicted molar refractivity (Wildman–Crippen MR) is 230 cm³/mol. The van der Waals surface area contributed by atoms with Crippen LogP contribution in [0.15, 0.2) is 205 Å². The highest BCUT2D eigenvalue weighted by Crippen LogP contribution is 2.65. The third kappa shape index (κ3) is 4.41. The fourth-order valence-electron chi connectivity index (χ4n) is 9.60. The number of pyridine rings is 1. The first kappa shape index (κ1) is 31.1. The second-order valence-electron chi connectivity index (χ2n) is 15.0. The van der Waals surface area contributed by atoms with E-state index >= 15 is 0 Å². The van der Waals surface area contributed by atoms with Crippen molar-refractivity contribution in [2.75, 3.05) is 0 Å². The number of hydrogen-bond donors (Lipinski definition) is 0. The predicted octanol–water partition coefficient (Wildman–Crippen LogP) is 14.0. The summed E-state index contributed by atoms with van der Waals surface area (Å²) in [5.74, 6) is 0.983. The van der Waals surface area contributed by atoms with Crippen molar-refractivity contribution in [1.29, 1.82) is 0 Å². The summed E-state index contributed by atoms with van der Waals surface area (Å²) >= 11 is 0. The average molecular weight is 712 g/mol. The molecule has 0 radical (unpaired) electrons. The van der Waals surface area contributed by atoms with Gasteiger partial charge in [-0.1, -0.05) is 164 Å². The Kier molecular flexibility index (Phi) is 6.58. The van der Waals surface area contributed by atoms with Gasteiger partial charge in [-0.15, -0.1) is 0 Å². The summed E-state index contributed by atoms with van der Waals surface area (Å²) in [5, 5.41) is 3.61. The zero-order valence-corrected chi connectivity index (χ0v) is 30.4. The molecule has 0 saturated carbocycles. The minimum Gasteiger partial charge on any atom is -0.456 e. The van der Waals surface area contributed by atoms with Gasteiger partial charge >= 0.3 is 0 Å². The molecule has 2 nitrogen and oxygen atoms in total. The molecule has 1 spiro atoms. The molecule has 12 rings (SSSR count). The first-order valence-electron chi connectivity index (χ1n) is 19.3. The molecule has 2 aliphatic carbocycles. The standard InChI is InChI=1S/C54H33NO/c1-2-14-35(15-3-1)49-32-41(33-50(55-49)40-26-25-34-13-4-5-16-36(34)30-40)38-18-12-17-37(29-38)39-27-28-48-45(31-39)42-19-6-9-22-46(42)54(48)47-23-10-7-20-43(47)53-52(54)44-21-8-11-24-51(44)56-53/h1-33H. The molecule has 0 bridgehead atoms. The number of rotatable bonds is 4. The van der Waals surface area contributed by atoms with Gasteiger partial charge in [0.25, 0.3) is 0 Å². The van der Waals surface area contributed by atoms with Crippen LogP contribution in [-0.2, 0) is 5.41 Å². The third-order valence-electron chi connectivity index (χ3n) is 12.1. The monoisotopic (exact) mass is 711 g/mol. The molecule has 0 amide bonds. The Morgan fingerprint density at radius 1 is 0.357 bits per heavy atom. The second-order valence-corrected chi connectivity index (χ2v) is 15.0. The summed E-state index contributed by atoms with van der Waals surface area (Å²) in [5.41, 5.74) is 18.1. The van der Waals surface area contributed by atoms with E-state index in [1.165, 1.54) is 66.2 Å². The van der Waals surface area contributed by atoms with Crippen molar-refractivity contribution < 1.29 is 4.42 Å². The van der Waals surface area contributed by atoms with Crippen LogP contribution in [-0.4, -0.2) is 4.98 Å². The highest BCUT2D eigenvalue weighted by molar-refractivity contribution is 6.02. The lowest BCUT2D eigenvalue weighted by atomic mass is 9.70. The van der Waals surface area contributed by atoms with E-state index in [2.05, 4.69) is 200 Å². The van der Waals surface area contributed by atoms with Crippen molar-refractivity contribution in [3.8, 4) is 67.2 Å². The molecule has 56 heavy (non-hydrogen) atoms. The Labute approximate surface area is 325 Å². The Morgan fingerprint density at radius 3 is 1.82 bits per heavy atom. The SMILES string of the molecule is c1ccc(-c2cc(-c3cccc(-c4ccc5c(c4)-c4ccccc4C54c5ccccc5-c5oc6ccccc6c54)c3)cc(-c3ccc4ccccc4c3)n2)cc1. The van der Waals surface area contributed by atoms with Gasteiger partial charge < -0.3 is 4.42 Å². The van der Waals surface area contributed by atoms with E-state index < -0.39 is 5.41 Å². The highest BCUT2D eigenvalue weighted by atomic mass is 16.3. The first-order valence-corrected chi connectivity index (χ1v) is 19.3. The Morgan fingerprint density at radius 2 is 0.964 bits per heavy atom. The second kappa shape index (κ2) is 11.9. The molecule has 1 unspecified atom stereocenters. The molecular formula is C54H33NO. The van der Waals surface area contributed by atoms with Gasteiger partial charge in [-0.2, -0.15) is 0 Å². The molecule has 260 valence electrons. The van der Waals surface area contributed by atoms with E-state index in [4.69, 9.17) is 9.40 Å². The van der Waals surface area contributed by atoms with Crippen molar-refractivity contribution in [2.45, 2.75) is 5.41 Å². The summed E-state index contributed by atoms with van der Waals surface area (Å²) < 4.78 is 6.69. The van der Waals surface area contributed by atoms with Crippen LogP contribution in [0.1, 0.15) is 22.3 Å². The molecule has 2 heteroatoms. The zero-order chi connectivity index (χ0) is 36.8. The zero-order valence-electron chi connectivity index (χ0n) is 30.4. The Hall–Kier alpha value is -7.29. The maximum Gasteiger partial charge on any atom is 0.140 e. The van der Waals surface area contributed by atoms with Crippen LogP contribution in [0.2, 0.25) is 0 Å². The van der Waals surface area contributed by atoms with Gasteiger partial charge in [0, 0.05) is 27.6 Å². The minimum absolute atomic E-state index is 0.463. The molecule has 0 N–H and O–H groups in total. The Balaban J connectivity index is 1.02. The number of aromatic nitrogens is 1. The van der Waals surface area contributed by atoms with Crippen molar-refractivity contribution in [3.05, 3.63) is 222 Å². The quantitative estimate of drug-likeness (QED) is 0.182. The van der Waals surface area contributed by atoms with Crippen LogP contribution < -0.4 is 0 Å². The van der Waals surface area contributed by atoms with Crippen LogP contribution in [0.3, 0.4) is 0 Å². The molecule has 0 saturated heterocycles. The smallest absolute Gasteiger partial charge is 0.140 e. The normalized spacial score (nSPS) is 14.9. The maximum atomic E-state index is 6.69. The highest BCUT2D eigenvalue weighted by Gasteiger charge is 2.54. The summed E-state index contributed by atoms with van der Waals surface area (Å²) in [6.07, 6.45) is 0. The fraction of sp³-hybridized carbons (Fsp3) is 0.0185. The van der Waals surface area contributed by atoms with Crippen molar-refractivity contribution >= 4 is 21.7 Å². The molecule has 10 aromatic rings. The Bertz CT molecular complexity index is 3210. The van der Waals surface area contributed by atoms with Crippen LogP contribution in [0, 0.1) is 0 Å². The average Bonchev–Trinajstić information content (AvgIpc) is 3.90. The third-order valence-corrected chi connectivity index (χ3v) is 12.1. The van der Waals surface area contributed by atoms with Crippen LogP contribution >= 0.6 is 0 Å². The van der Waals surface area contributed by atoms with Gasteiger partial charge in [-0.05, 0) is 97.2 Å². The van der Waals surface area contributed by atoms with E-state index in [0.717, 1.165) is 45.0 Å². The summed E-state index contributed by atoms with van der Waals surface area (Å²) in [6.45, 7) is 0. The van der Waals surface area contributed by atoms with Gasteiger partial charge in [0.1, 0.15) is 11.3 Å². The number of benzene rings is 8. The summed E-state index contributed by atoms with van der Waals surface area (Å²) in [4.78, 5) is 5.22. The molecule has 8 aromatic carbocycles. The van der Waals surface area contributed by atoms with Gasteiger partial charge in [0.15, 0.2) is 0 Å². The summed E-state index contributed by atoms with van der Waals surface area (Å²) in [7, 11) is 0. The van der Waals surface area contributed by atoms with E-state index in [9.17, 15) is 0 Å². The molecule has 0 fully saturated rings. The van der Waals surface area contributed by atoms with E-state index in [1.807, 2.05) is 0 Å². The molecule has 2 aliphatic rings. The maximum absolute atomic E-state index is 6.69. The number of hydrogen-bond acceptors (Lipinski definition) is 2. The number of furan rings is 1. The number of fused-ring (bicyclic) bond motifs is 13. The first-order chi connectivity index (χ1) is 27.7. The topological polar surface area (TPSA) is 26.0 Å². The van der Waals surface area contributed by atoms with Crippen LogP contribution in [0.4, 0.5) is 0 Å². The molecular weight excluding hydrogens is 679 g/mol. The lowest BCUT2D eigenvalue weighted by molar-refractivity contribution is 0.628. The molecule has 1 atom stereocenters. The molecule has 2 aromatic heterocycles. The van der Waals surface area contributed by atoms with Crippen molar-refractivity contribution in [3.63, 3.8) is 0 Å². The van der Waals surface area contributed by atoms with Crippen molar-refractivity contribution in [1.82, 2.24) is 4.98 Å². The van der Waals surface area contributed by atoms with Gasteiger partial charge in [-0.3, -0.25) is 0 Å². The van der Waals surface area contributed by atoms with Crippen LogP contribution in [0.5, 0.6) is 0 Å². The number of nitrogens with zero attached hydrogens (tertiary/aromatic N) is 1. The van der Waals surface area contributed by atoms with Gasteiger partial charge in [0.2, 0.25) is 0 Å². The summed E-state index contributed by atoms with van der Waals surface area (Å²) in [6, 6.07) is 72.5. The minimum atomic E-state index is -0.463. The lowest BCUT2D eigenvalue weighted by Crippen LogP contribution is -2.25. The van der Waals surface area contributed by atoms with Gasteiger partial charge in [-0.25, -0.2) is 4.98 Å². The molecule has 2 heterocycles. The largest absolute Gasteiger partial charge is 0.456 e. The van der Waals surface area contributed by atoms with E-state index in [0.29, 0.717) is 0 Å². The van der Waals surface area contributed by atoms with E-state index in [-0.39, 0.29) is 0 Å². The number of para-hydroxylation sites is 1. The van der Waals surface area contributed by atoms with Gasteiger partial charge in [0.05, 0.1) is 16.8 Å². The van der Waals surface area contributed by atoms with E-state index in [1.54, 1.807) is 0 Å². The molecule has 0 aliphatic heterocycles. The van der Waals surface area contributed by atoms with Crippen LogP contribution in [0.25, 0.3) is 89.0 Å². The lowest BCUT2D eigenvalue weighted by Gasteiger charge is -2.29. The fourth-order valence-corrected chi connectivity index (χ4v) is 9.60.